The van der Waals surface area contributed by atoms with E-state index in [1.165, 1.54) is 10.9 Å². The smallest absolute Gasteiger partial charge is 0.262 e. The molecule has 0 bridgehead atoms. The van der Waals surface area contributed by atoms with Crippen LogP contribution in [0, 0.1) is 0 Å². The lowest BCUT2D eigenvalue weighted by Crippen LogP contribution is -2.44. The van der Waals surface area contributed by atoms with E-state index in [-0.39, 0.29) is 23.3 Å². The normalized spacial score (nSPS) is 19.0. The number of nitrogens with one attached hydrogen (secondary N) is 1. The van der Waals surface area contributed by atoms with Gasteiger partial charge in [-0.3, -0.25) is 24.3 Å². The molecule has 0 radical (unpaired) electrons. The Morgan fingerprint density at radius 2 is 1.96 bits per heavy atom. The van der Waals surface area contributed by atoms with Gasteiger partial charge in [-0.15, -0.1) is 0 Å². The summed E-state index contributed by atoms with van der Waals surface area (Å²) < 4.78 is 1.35. The third-order valence-corrected chi connectivity index (χ3v) is 4.17. The summed E-state index contributed by atoms with van der Waals surface area (Å²) in [6.45, 7) is 6.10. The van der Waals surface area contributed by atoms with Crippen LogP contribution in [0.1, 0.15) is 45.2 Å². The molecule has 120 valence electrons. The number of rotatable bonds is 1. The van der Waals surface area contributed by atoms with Crippen LogP contribution in [0.25, 0.3) is 10.9 Å². The minimum absolute atomic E-state index is 0.218. The predicted molar refractivity (Wildman–Crippen MR) is 86.1 cm³/mol. The van der Waals surface area contributed by atoms with Crippen molar-refractivity contribution in [2.45, 2.75) is 45.1 Å². The van der Waals surface area contributed by atoms with E-state index in [0.29, 0.717) is 17.3 Å². The van der Waals surface area contributed by atoms with Gasteiger partial charge >= 0.3 is 0 Å². The summed E-state index contributed by atoms with van der Waals surface area (Å²) in [4.78, 5) is 40.7. The van der Waals surface area contributed by atoms with Crippen molar-refractivity contribution in [3.8, 4) is 0 Å². The molecule has 2 aromatic rings. The van der Waals surface area contributed by atoms with E-state index in [0.717, 1.165) is 5.56 Å². The maximum absolute atomic E-state index is 13.0. The van der Waals surface area contributed by atoms with Gasteiger partial charge in [0, 0.05) is 6.42 Å². The van der Waals surface area contributed by atoms with Crippen LogP contribution in [-0.4, -0.2) is 21.4 Å². The second-order valence-electron chi connectivity index (χ2n) is 6.87. The summed E-state index contributed by atoms with van der Waals surface area (Å²) in [5.74, 6) is -0.749. The quantitative estimate of drug-likeness (QED) is 0.812. The first-order valence-corrected chi connectivity index (χ1v) is 7.63. The molecule has 0 spiro atoms. The highest BCUT2D eigenvalue weighted by Gasteiger charge is 2.30. The molecule has 1 atom stereocenters. The Hall–Kier alpha value is -2.50. The van der Waals surface area contributed by atoms with E-state index < -0.39 is 11.9 Å². The summed E-state index contributed by atoms with van der Waals surface area (Å²) in [6, 6.07) is 4.90. The highest BCUT2D eigenvalue weighted by Crippen LogP contribution is 2.27. The summed E-state index contributed by atoms with van der Waals surface area (Å²) in [5.41, 5.74) is 1.06. The Morgan fingerprint density at radius 3 is 2.61 bits per heavy atom. The molecule has 2 heterocycles. The fraction of sp³-hybridized carbons (Fsp3) is 0.412. The summed E-state index contributed by atoms with van der Waals surface area (Å²) >= 11 is 0. The van der Waals surface area contributed by atoms with E-state index in [2.05, 4.69) is 10.3 Å². The van der Waals surface area contributed by atoms with Crippen molar-refractivity contribution in [2.75, 3.05) is 0 Å². The second kappa shape index (κ2) is 5.30. The predicted octanol–water partition coefficient (Wildman–Crippen LogP) is 1.67. The third kappa shape index (κ3) is 2.65. The number of piperidine rings is 1. The van der Waals surface area contributed by atoms with Crippen LogP contribution in [0.5, 0.6) is 0 Å². The van der Waals surface area contributed by atoms with Gasteiger partial charge < -0.3 is 0 Å². The molecule has 0 aliphatic carbocycles. The van der Waals surface area contributed by atoms with Crippen LogP contribution in [0.3, 0.4) is 0 Å². The molecule has 6 heteroatoms. The van der Waals surface area contributed by atoms with E-state index in [9.17, 15) is 14.4 Å². The number of benzene rings is 1. The van der Waals surface area contributed by atoms with Gasteiger partial charge in [0.25, 0.3) is 5.56 Å². The Labute approximate surface area is 133 Å². The molecule has 23 heavy (non-hydrogen) atoms. The van der Waals surface area contributed by atoms with Crippen molar-refractivity contribution >= 4 is 22.7 Å². The molecule has 1 fully saturated rings. The molecule has 1 aliphatic heterocycles. The minimum atomic E-state index is -0.690. The number of imide groups is 1. The molecule has 1 saturated heterocycles. The number of aromatic nitrogens is 2. The lowest BCUT2D eigenvalue weighted by molar-refractivity contribution is -0.135. The molecular formula is C17H19N3O3. The topological polar surface area (TPSA) is 81.1 Å². The summed E-state index contributed by atoms with van der Waals surface area (Å²) in [6.07, 6.45) is 1.94. The van der Waals surface area contributed by atoms with Crippen molar-refractivity contribution in [1.82, 2.24) is 14.9 Å². The molecule has 3 rings (SSSR count). The zero-order valence-corrected chi connectivity index (χ0v) is 13.4. The largest absolute Gasteiger partial charge is 0.295 e. The molecule has 6 nitrogen and oxygen atoms in total. The molecule has 2 amide bonds. The zero-order chi connectivity index (χ0) is 16.8. The number of hydrogen-bond donors (Lipinski definition) is 1. The van der Waals surface area contributed by atoms with Gasteiger partial charge in [0.15, 0.2) is 0 Å². The number of carbonyl (C=O) groups is 2. The second-order valence-corrected chi connectivity index (χ2v) is 6.87. The SMILES string of the molecule is CC(C)(C)c1cccc2ncn(C3CCC(=O)NC3=O)c(=O)c12. The number of nitrogens with zero attached hydrogens (tertiary/aromatic N) is 2. The van der Waals surface area contributed by atoms with Gasteiger partial charge in [-0.1, -0.05) is 32.9 Å². The first-order valence-electron chi connectivity index (χ1n) is 7.63. The monoisotopic (exact) mass is 313 g/mol. The summed E-state index contributed by atoms with van der Waals surface area (Å²) in [5, 5.41) is 2.82. The molecule has 1 aromatic heterocycles. The zero-order valence-electron chi connectivity index (χ0n) is 13.4. The van der Waals surface area contributed by atoms with Crippen molar-refractivity contribution in [3.05, 3.63) is 40.4 Å². The lowest BCUT2D eigenvalue weighted by atomic mass is 9.85. The van der Waals surface area contributed by atoms with E-state index in [1.807, 2.05) is 32.9 Å². The maximum Gasteiger partial charge on any atom is 0.262 e. The van der Waals surface area contributed by atoms with Crippen LogP contribution in [0.15, 0.2) is 29.3 Å². The lowest BCUT2D eigenvalue weighted by Gasteiger charge is -2.24. The number of carbonyl (C=O) groups excluding carboxylic acids is 2. The highest BCUT2D eigenvalue weighted by atomic mass is 16.2. The first-order chi connectivity index (χ1) is 10.8. The molecule has 0 saturated carbocycles. The fourth-order valence-corrected chi connectivity index (χ4v) is 2.97. The van der Waals surface area contributed by atoms with Crippen molar-refractivity contribution in [2.24, 2.45) is 0 Å². The molecule has 1 N–H and O–H groups in total. The van der Waals surface area contributed by atoms with Crippen LogP contribution in [0.4, 0.5) is 0 Å². The van der Waals surface area contributed by atoms with Crippen molar-refractivity contribution < 1.29 is 9.59 Å². The van der Waals surface area contributed by atoms with Gasteiger partial charge in [-0.2, -0.15) is 0 Å². The Morgan fingerprint density at radius 1 is 1.22 bits per heavy atom. The number of amides is 2. The van der Waals surface area contributed by atoms with Crippen LogP contribution in [-0.2, 0) is 15.0 Å². The van der Waals surface area contributed by atoms with E-state index >= 15 is 0 Å². The Bertz CT molecular complexity index is 861. The first kappa shape index (κ1) is 15.4. The van der Waals surface area contributed by atoms with Gasteiger partial charge in [-0.25, -0.2) is 4.98 Å². The third-order valence-electron chi connectivity index (χ3n) is 4.17. The van der Waals surface area contributed by atoms with Crippen molar-refractivity contribution in [1.29, 1.82) is 0 Å². The molecular weight excluding hydrogens is 294 g/mol. The maximum atomic E-state index is 13.0. The number of hydrogen-bond acceptors (Lipinski definition) is 4. The number of fused-ring (bicyclic) bond motifs is 1. The van der Waals surface area contributed by atoms with Crippen molar-refractivity contribution in [3.63, 3.8) is 0 Å². The van der Waals surface area contributed by atoms with E-state index in [1.54, 1.807) is 6.07 Å². The Kier molecular flexibility index (Phi) is 3.55. The average Bonchev–Trinajstić information content (AvgIpc) is 2.47. The Balaban J connectivity index is 2.21. The highest BCUT2D eigenvalue weighted by molar-refractivity contribution is 5.99. The minimum Gasteiger partial charge on any atom is -0.295 e. The fourth-order valence-electron chi connectivity index (χ4n) is 2.97. The standard InChI is InChI=1S/C17H19N3O3/c1-17(2,3)10-5-4-6-11-14(10)16(23)20(9-18-11)12-7-8-13(21)19-15(12)22/h4-6,9,12H,7-8H2,1-3H3,(H,19,21,22). The van der Waals surface area contributed by atoms with Crippen LogP contribution >= 0.6 is 0 Å². The molecule has 1 unspecified atom stereocenters. The summed E-state index contributed by atoms with van der Waals surface area (Å²) in [7, 11) is 0. The molecule has 1 aliphatic rings. The van der Waals surface area contributed by atoms with Gasteiger partial charge in [0.05, 0.1) is 17.2 Å². The molecule has 1 aromatic carbocycles. The van der Waals surface area contributed by atoms with Crippen LogP contribution < -0.4 is 10.9 Å². The van der Waals surface area contributed by atoms with E-state index in [4.69, 9.17) is 0 Å². The van der Waals surface area contributed by atoms with Gasteiger partial charge in [-0.05, 0) is 23.5 Å². The average molecular weight is 313 g/mol. The van der Waals surface area contributed by atoms with Gasteiger partial charge in [0.2, 0.25) is 11.8 Å². The van der Waals surface area contributed by atoms with Crippen LogP contribution in [0.2, 0.25) is 0 Å². The van der Waals surface area contributed by atoms with Gasteiger partial charge in [0.1, 0.15) is 6.04 Å².